The zero-order valence-electron chi connectivity index (χ0n) is 9.60. The van der Waals surface area contributed by atoms with Gasteiger partial charge in [-0.15, -0.1) is 0 Å². The van der Waals surface area contributed by atoms with Crippen molar-refractivity contribution in [3.05, 3.63) is 52.1 Å². The maximum Gasteiger partial charge on any atom is 0.219 e. The number of aromatic nitrogens is 1. The lowest BCUT2D eigenvalue weighted by Crippen LogP contribution is -1.94. The van der Waals surface area contributed by atoms with Crippen molar-refractivity contribution in [1.82, 2.24) is 4.98 Å². The lowest BCUT2D eigenvalue weighted by Gasteiger charge is -2.08. The van der Waals surface area contributed by atoms with Crippen LogP contribution < -0.4 is 4.74 Å². The summed E-state index contributed by atoms with van der Waals surface area (Å²) in [6.07, 6.45) is 1.000. The van der Waals surface area contributed by atoms with Gasteiger partial charge >= 0.3 is 0 Å². The van der Waals surface area contributed by atoms with E-state index in [-0.39, 0.29) is 0 Å². The zero-order valence-corrected chi connectivity index (χ0v) is 11.1. The van der Waals surface area contributed by atoms with Crippen molar-refractivity contribution in [2.45, 2.75) is 13.0 Å². The van der Waals surface area contributed by atoms with Crippen molar-refractivity contribution in [2.75, 3.05) is 0 Å². The van der Waals surface area contributed by atoms with Gasteiger partial charge in [-0.1, -0.05) is 29.3 Å². The van der Waals surface area contributed by atoms with Crippen LogP contribution in [0.25, 0.3) is 0 Å². The molecule has 1 aromatic heterocycles. The van der Waals surface area contributed by atoms with E-state index in [1.54, 1.807) is 43.5 Å². The quantitative estimate of drug-likeness (QED) is 0.916. The molecule has 1 aromatic carbocycles. The van der Waals surface area contributed by atoms with Gasteiger partial charge in [-0.3, -0.25) is 0 Å². The van der Waals surface area contributed by atoms with Gasteiger partial charge in [0.2, 0.25) is 5.88 Å². The number of hydrogen-bond donors (Lipinski definition) is 1. The van der Waals surface area contributed by atoms with Gasteiger partial charge in [-0.05, 0) is 30.7 Å². The number of aliphatic hydroxyl groups is 1. The van der Waals surface area contributed by atoms with E-state index in [9.17, 15) is 5.11 Å². The summed E-state index contributed by atoms with van der Waals surface area (Å²) in [4.78, 5) is 4.08. The Kier molecular flexibility index (Phi) is 4.07. The molecule has 2 aromatic rings. The molecule has 0 bridgehead atoms. The summed E-state index contributed by atoms with van der Waals surface area (Å²) in [5, 5.41) is 10.1. The van der Waals surface area contributed by atoms with Crippen LogP contribution in [0.1, 0.15) is 18.6 Å². The Hall–Kier alpha value is -1.29. The average Bonchev–Trinajstić information content (AvgIpc) is 2.36. The number of rotatable bonds is 3. The van der Waals surface area contributed by atoms with E-state index < -0.39 is 6.10 Å². The molecule has 0 aliphatic carbocycles. The van der Waals surface area contributed by atoms with Crippen LogP contribution in [0.4, 0.5) is 0 Å². The first-order valence-corrected chi connectivity index (χ1v) is 6.09. The summed E-state index contributed by atoms with van der Waals surface area (Å²) in [5.41, 5.74) is 0.722. The van der Waals surface area contributed by atoms with Gasteiger partial charge in [-0.2, -0.15) is 0 Å². The molecule has 0 spiro atoms. The lowest BCUT2D eigenvalue weighted by atomic mass is 10.2. The monoisotopic (exact) mass is 283 g/mol. The number of benzene rings is 1. The number of pyridine rings is 1. The molecule has 18 heavy (non-hydrogen) atoms. The Morgan fingerprint density at radius 1 is 1.22 bits per heavy atom. The summed E-state index contributed by atoms with van der Waals surface area (Å²) >= 11 is 11.9. The molecule has 0 saturated carbocycles. The SMILES string of the molecule is C[C@H](O)c1ccc(Oc2cccc(Cl)c2Cl)nc1. The fourth-order valence-corrected chi connectivity index (χ4v) is 1.71. The third kappa shape index (κ3) is 2.93. The predicted molar refractivity (Wildman–Crippen MR) is 71.4 cm³/mol. The first-order valence-electron chi connectivity index (χ1n) is 5.34. The second-order valence-electron chi connectivity index (χ2n) is 3.76. The first-order chi connectivity index (χ1) is 8.58. The Labute approximate surface area is 115 Å². The molecule has 0 radical (unpaired) electrons. The van der Waals surface area contributed by atoms with Crippen molar-refractivity contribution < 1.29 is 9.84 Å². The fourth-order valence-electron chi connectivity index (χ4n) is 1.37. The van der Waals surface area contributed by atoms with Crippen molar-refractivity contribution in [2.24, 2.45) is 0 Å². The Bertz CT molecular complexity index is 541. The standard InChI is InChI=1S/C13H11Cl2NO2/c1-8(17)9-5-6-12(16-7-9)18-11-4-2-3-10(14)13(11)15/h2-8,17H,1H3/t8-/m0/s1. The van der Waals surface area contributed by atoms with Crippen LogP contribution in [-0.2, 0) is 0 Å². The summed E-state index contributed by atoms with van der Waals surface area (Å²) in [7, 11) is 0. The van der Waals surface area contributed by atoms with E-state index in [0.717, 1.165) is 5.56 Å². The Balaban J connectivity index is 2.21. The maximum absolute atomic E-state index is 9.37. The third-order valence-corrected chi connectivity index (χ3v) is 3.17. The highest BCUT2D eigenvalue weighted by Crippen LogP contribution is 2.34. The number of halogens is 2. The van der Waals surface area contributed by atoms with Crippen molar-refractivity contribution in [3.63, 3.8) is 0 Å². The lowest BCUT2D eigenvalue weighted by molar-refractivity contribution is 0.198. The predicted octanol–water partition coefficient (Wildman–Crippen LogP) is 4.23. The summed E-state index contributed by atoms with van der Waals surface area (Å²) in [6, 6.07) is 8.54. The number of hydrogen-bond acceptors (Lipinski definition) is 3. The van der Waals surface area contributed by atoms with Gasteiger partial charge < -0.3 is 9.84 Å². The van der Waals surface area contributed by atoms with Gasteiger partial charge in [0.15, 0.2) is 0 Å². The molecule has 0 unspecified atom stereocenters. The molecule has 1 heterocycles. The molecule has 5 heteroatoms. The largest absolute Gasteiger partial charge is 0.437 e. The van der Waals surface area contributed by atoms with E-state index in [1.807, 2.05) is 0 Å². The third-order valence-electron chi connectivity index (χ3n) is 2.37. The van der Waals surface area contributed by atoms with Crippen LogP contribution in [0.3, 0.4) is 0 Å². The molecule has 0 aliphatic heterocycles. The highest BCUT2D eigenvalue weighted by molar-refractivity contribution is 6.42. The zero-order chi connectivity index (χ0) is 13.1. The fraction of sp³-hybridized carbons (Fsp3) is 0.154. The number of ether oxygens (including phenoxy) is 1. The smallest absolute Gasteiger partial charge is 0.219 e. The summed E-state index contributed by atoms with van der Waals surface area (Å²) < 4.78 is 5.52. The summed E-state index contributed by atoms with van der Waals surface area (Å²) in [6.45, 7) is 1.67. The van der Waals surface area contributed by atoms with Crippen LogP contribution >= 0.6 is 23.2 Å². The minimum absolute atomic E-state index is 0.348. The van der Waals surface area contributed by atoms with Crippen LogP contribution in [-0.4, -0.2) is 10.1 Å². The van der Waals surface area contributed by atoms with Crippen molar-refractivity contribution in [3.8, 4) is 11.6 Å². The molecular formula is C13H11Cl2NO2. The van der Waals surface area contributed by atoms with Gasteiger partial charge in [0, 0.05) is 12.3 Å². The van der Waals surface area contributed by atoms with Crippen LogP contribution in [0.5, 0.6) is 11.6 Å². The number of aliphatic hydroxyl groups excluding tert-OH is 1. The van der Waals surface area contributed by atoms with Gasteiger partial charge in [0.1, 0.15) is 10.8 Å². The number of nitrogens with zero attached hydrogens (tertiary/aromatic N) is 1. The van der Waals surface area contributed by atoms with Crippen LogP contribution in [0.2, 0.25) is 10.0 Å². The molecule has 0 saturated heterocycles. The first kappa shape index (κ1) is 13.1. The minimum Gasteiger partial charge on any atom is -0.437 e. The topological polar surface area (TPSA) is 42.4 Å². The van der Waals surface area contributed by atoms with E-state index in [4.69, 9.17) is 27.9 Å². The second kappa shape index (κ2) is 5.57. The molecule has 0 fully saturated rings. The Morgan fingerprint density at radius 2 is 2.00 bits per heavy atom. The van der Waals surface area contributed by atoms with Crippen molar-refractivity contribution >= 4 is 23.2 Å². The molecular weight excluding hydrogens is 273 g/mol. The van der Waals surface area contributed by atoms with E-state index in [0.29, 0.717) is 21.7 Å². The van der Waals surface area contributed by atoms with Crippen LogP contribution in [0, 0.1) is 0 Å². The van der Waals surface area contributed by atoms with E-state index >= 15 is 0 Å². The Morgan fingerprint density at radius 3 is 2.61 bits per heavy atom. The van der Waals surface area contributed by atoms with Crippen molar-refractivity contribution in [1.29, 1.82) is 0 Å². The van der Waals surface area contributed by atoms with E-state index in [2.05, 4.69) is 4.98 Å². The molecule has 94 valence electrons. The van der Waals surface area contributed by atoms with Gasteiger partial charge in [-0.25, -0.2) is 4.98 Å². The van der Waals surface area contributed by atoms with Gasteiger partial charge in [0.05, 0.1) is 11.1 Å². The average molecular weight is 284 g/mol. The molecule has 1 atom stereocenters. The van der Waals surface area contributed by atoms with Crippen LogP contribution in [0.15, 0.2) is 36.5 Å². The minimum atomic E-state index is -0.554. The molecule has 0 amide bonds. The summed E-state index contributed by atoms with van der Waals surface area (Å²) in [5.74, 6) is 0.838. The molecule has 1 N–H and O–H groups in total. The molecule has 3 nitrogen and oxygen atoms in total. The van der Waals surface area contributed by atoms with E-state index in [1.165, 1.54) is 0 Å². The normalized spacial score (nSPS) is 12.2. The highest BCUT2D eigenvalue weighted by Gasteiger charge is 2.08. The molecule has 0 aliphatic rings. The second-order valence-corrected chi connectivity index (χ2v) is 4.54. The maximum atomic E-state index is 9.37. The molecule has 2 rings (SSSR count). The highest BCUT2D eigenvalue weighted by atomic mass is 35.5. The van der Waals surface area contributed by atoms with Gasteiger partial charge in [0.25, 0.3) is 0 Å².